The Balaban J connectivity index is 2.35. The topological polar surface area (TPSA) is 35.0 Å². The molecule has 0 aliphatic carbocycles. The molecule has 0 spiro atoms. The molecule has 0 N–H and O–H groups in total. The Morgan fingerprint density at radius 3 is 3.18 bits per heavy atom. The zero-order chi connectivity index (χ0) is 7.94. The maximum absolute atomic E-state index is 5.15. The van der Waals surface area contributed by atoms with Crippen LogP contribution in [0, 0.1) is 12.3 Å². The first-order chi connectivity index (χ1) is 5.43. The summed E-state index contributed by atoms with van der Waals surface area (Å²) in [6.07, 6.45) is 8.69. The molecule has 0 atom stereocenters. The van der Waals surface area contributed by atoms with Gasteiger partial charge in [0.1, 0.15) is 12.9 Å². The van der Waals surface area contributed by atoms with Gasteiger partial charge in [0.25, 0.3) is 0 Å². The summed E-state index contributed by atoms with van der Waals surface area (Å²) in [6, 6.07) is 1.69. The van der Waals surface area contributed by atoms with Gasteiger partial charge in [-0.2, -0.15) is 0 Å². The van der Waals surface area contributed by atoms with Crippen LogP contribution in [0.2, 0.25) is 0 Å². The van der Waals surface area contributed by atoms with Gasteiger partial charge in [0, 0.05) is 18.7 Å². The van der Waals surface area contributed by atoms with Gasteiger partial charge < -0.3 is 4.74 Å². The molecule has 0 saturated heterocycles. The van der Waals surface area contributed by atoms with Crippen LogP contribution in [0.15, 0.2) is 18.6 Å². The molecular weight excluding hydrogens is 140 g/mol. The van der Waals surface area contributed by atoms with Crippen LogP contribution in [0.4, 0.5) is 0 Å². The Bertz CT molecular complexity index is 240. The SMILES string of the molecule is C#CCCOc1ccncn1. The lowest BCUT2D eigenvalue weighted by atomic mass is 10.5. The Labute approximate surface area is 65.4 Å². The highest BCUT2D eigenvalue weighted by atomic mass is 16.5. The second-order valence-electron chi connectivity index (χ2n) is 1.85. The molecule has 0 aliphatic heterocycles. The zero-order valence-electron chi connectivity index (χ0n) is 6.03. The predicted molar refractivity (Wildman–Crippen MR) is 41.0 cm³/mol. The molecule has 0 amide bonds. The number of aromatic nitrogens is 2. The summed E-state index contributed by atoms with van der Waals surface area (Å²) in [4.78, 5) is 7.59. The smallest absolute Gasteiger partial charge is 0.216 e. The van der Waals surface area contributed by atoms with Crippen molar-refractivity contribution in [2.45, 2.75) is 6.42 Å². The fraction of sp³-hybridized carbons (Fsp3) is 0.250. The van der Waals surface area contributed by atoms with E-state index in [2.05, 4.69) is 15.9 Å². The molecule has 0 radical (unpaired) electrons. The van der Waals surface area contributed by atoms with E-state index in [9.17, 15) is 0 Å². The predicted octanol–water partition coefficient (Wildman–Crippen LogP) is 0.879. The van der Waals surface area contributed by atoms with E-state index in [0.29, 0.717) is 18.9 Å². The standard InChI is InChI=1S/C8H8N2O/c1-2-3-6-11-8-4-5-9-7-10-8/h1,4-5,7H,3,6H2. The van der Waals surface area contributed by atoms with Crippen LogP contribution >= 0.6 is 0 Å². The largest absolute Gasteiger partial charge is 0.477 e. The van der Waals surface area contributed by atoms with Gasteiger partial charge in [0.2, 0.25) is 5.88 Å². The highest BCUT2D eigenvalue weighted by molar-refractivity contribution is 5.04. The summed E-state index contributed by atoms with van der Waals surface area (Å²) in [5.74, 6) is 3.03. The van der Waals surface area contributed by atoms with E-state index in [1.165, 1.54) is 6.33 Å². The zero-order valence-corrected chi connectivity index (χ0v) is 6.03. The van der Waals surface area contributed by atoms with E-state index in [0.717, 1.165) is 0 Å². The quantitative estimate of drug-likeness (QED) is 0.471. The lowest BCUT2D eigenvalue weighted by Gasteiger charge is -1.99. The number of terminal acetylenes is 1. The molecule has 1 aromatic heterocycles. The third-order valence-corrected chi connectivity index (χ3v) is 1.05. The highest BCUT2D eigenvalue weighted by Gasteiger charge is 1.89. The molecular formula is C8H8N2O. The summed E-state index contributed by atoms with van der Waals surface area (Å²) in [5, 5.41) is 0. The van der Waals surface area contributed by atoms with Crippen molar-refractivity contribution in [3.8, 4) is 18.2 Å². The minimum Gasteiger partial charge on any atom is -0.477 e. The maximum Gasteiger partial charge on any atom is 0.216 e. The summed E-state index contributed by atoms with van der Waals surface area (Å²) in [7, 11) is 0. The maximum atomic E-state index is 5.15. The van der Waals surface area contributed by atoms with Gasteiger partial charge in [-0.1, -0.05) is 0 Å². The Hall–Kier alpha value is -1.56. The Morgan fingerprint density at radius 1 is 1.64 bits per heavy atom. The first-order valence-corrected chi connectivity index (χ1v) is 3.26. The molecule has 56 valence electrons. The van der Waals surface area contributed by atoms with E-state index in [-0.39, 0.29) is 0 Å². The molecule has 3 heteroatoms. The minimum absolute atomic E-state index is 0.507. The van der Waals surface area contributed by atoms with Gasteiger partial charge in [-0.3, -0.25) is 0 Å². The first-order valence-electron chi connectivity index (χ1n) is 3.26. The van der Waals surface area contributed by atoms with Crippen LogP contribution in [0.5, 0.6) is 5.88 Å². The Morgan fingerprint density at radius 2 is 2.55 bits per heavy atom. The second kappa shape index (κ2) is 4.29. The minimum atomic E-state index is 0.507. The van der Waals surface area contributed by atoms with Crippen molar-refractivity contribution in [1.82, 2.24) is 9.97 Å². The number of rotatable bonds is 3. The summed E-state index contributed by atoms with van der Waals surface area (Å²) >= 11 is 0. The van der Waals surface area contributed by atoms with Gasteiger partial charge in [0.05, 0.1) is 0 Å². The lowest BCUT2D eigenvalue weighted by molar-refractivity contribution is 0.314. The van der Waals surface area contributed by atoms with E-state index in [1.54, 1.807) is 12.3 Å². The number of hydrogen-bond acceptors (Lipinski definition) is 3. The fourth-order valence-electron chi connectivity index (χ4n) is 0.578. The molecule has 1 aromatic rings. The van der Waals surface area contributed by atoms with Crippen molar-refractivity contribution < 1.29 is 4.74 Å². The third kappa shape index (κ3) is 2.67. The van der Waals surface area contributed by atoms with Gasteiger partial charge in [-0.25, -0.2) is 9.97 Å². The molecule has 3 nitrogen and oxygen atoms in total. The van der Waals surface area contributed by atoms with Crippen LogP contribution < -0.4 is 4.74 Å². The van der Waals surface area contributed by atoms with Crippen LogP contribution in [0.3, 0.4) is 0 Å². The van der Waals surface area contributed by atoms with Crippen molar-refractivity contribution in [2.75, 3.05) is 6.61 Å². The van der Waals surface area contributed by atoms with E-state index in [1.807, 2.05) is 0 Å². The molecule has 0 aliphatic rings. The van der Waals surface area contributed by atoms with Crippen molar-refractivity contribution >= 4 is 0 Å². The average Bonchev–Trinajstić information content (AvgIpc) is 2.07. The molecule has 0 aromatic carbocycles. The number of nitrogens with zero attached hydrogens (tertiary/aromatic N) is 2. The molecule has 0 saturated carbocycles. The number of ether oxygens (including phenoxy) is 1. The van der Waals surface area contributed by atoms with Crippen molar-refractivity contribution in [3.05, 3.63) is 18.6 Å². The second-order valence-corrected chi connectivity index (χ2v) is 1.85. The fourth-order valence-corrected chi connectivity index (χ4v) is 0.578. The lowest BCUT2D eigenvalue weighted by Crippen LogP contribution is -1.97. The molecule has 0 bridgehead atoms. The van der Waals surface area contributed by atoms with Gasteiger partial charge in [-0.05, 0) is 0 Å². The van der Waals surface area contributed by atoms with E-state index in [4.69, 9.17) is 11.2 Å². The molecule has 0 unspecified atom stereocenters. The molecule has 0 fully saturated rings. The van der Waals surface area contributed by atoms with Crippen molar-refractivity contribution in [2.24, 2.45) is 0 Å². The van der Waals surface area contributed by atoms with Crippen LogP contribution in [-0.2, 0) is 0 Å². The summed E-state index contributed by atoms with van der Waals surface area (Å²) < 4.78 is 5.15. The van der Waals surface area contributed by atoms with Crippen LogP contribution in [0.1, 0.15) is 6.42 Å². The van der Waals surface area contributed by atoms with Gasteiger partial charge in [0.15, 0.2) is 0 Å². The van der Waals surface area contributed by atoms with Crippen LogP contribution in [0.25, 0.3) is 0 Å². The molecule has 1 heterocycles. The normalized spacial score (nSPS) is 8.64. The average molecular weight is 148 g/mol. The number of hydrogen-bond donors (Lipinski definition) is 0. The monoisotopic (exact) mass is 148 g/mol. The molecule has 1 rings (SSSR count). The van der Waals surface area contributed by atoms with Gasteiger partial charge in [-0.15, -0.1) is 12.3 Å². The first kappa shape index (κ1) is 7.55. The summed E-state index contributed by atoms with van der Waals surface area (Å²) in [5.41, 5.74) is 0. The van der Waals surface area contributed by atoms with E-state index >= 15 is 0 Å². The van der Waals surface area contributed by atoms with Crippen molar-refractivity contribution in [1.29, 1.82) is 0 Å². The summed E-state index contributed by atoms with van der Waals surface area (Å²) in [6.45, 7) is 0.507. The molecule has 11 heavy (non-hydrogen) atoms. The van der Waals surface area contributed by atoms with E-state index < -0.39 is 0 Å². The van der Waals surface area contributed by atoms with Crippen LogP contribution in [-0.4, -0.2) is 16.6 Å². The Kier molecular flexibility index (Phi) is 2.94. The van der Waals surface area contributed by atoms with Gasteiger partial charge >= 0.3 is 0 Å². The van der Waals surface area contributed by atoms with Crippen molar-refractivity contribution in [3.63, 3.8) is 0 Å². The highest BCUT2D eigenvalue weighted by Crippen LogP contribution is 2.00. The third-order valence-electron chi connectivity index (χ3n) is 1.05.